The summed E-state index contributed by atoms with van der Waals surface area (Å²) < 4.78 is 37.7. The normalized spacial score (nSPS) is 12.4. The number of alkyl halides is 3. The van der Waals surface area contributed by atoms with E-state index in [0.717, 1.165) is 12.1 Å². The summed E-state index contributed by atoms with van der Waals surface area (Å²) in [6.45, 7) is 5.38. The van der Waals surface area contributed by atoms with Crippen molar-refractivity contribution in [3.63, 3.8) is 0 Å². The number of hydrogen-bond acceptors (Lipinski definition) is 3. The van der Waals surface area contributed by atoms with E-state index < -0.39 is 17.2 Å². The predicted molar refractivity (Wildman–Crippen MR) is 81.4 cm³/mol. The van der Waals surface area contributed by atoms with Gasteiger partial charge in [-0.3, -0.25) is 0 Å². The molecule has 0 amide bonds. The third-order valence-corrected chi connectivity index (χ3v) is 3.82. The van der Waals surface area contributed by atoms with Crippen LogP contribution in [-0.4, -0.2) is 6.26 Å². The van der Waals surface area contributed by atoms with E-state index in [1.54, 1.807) is 18.6 Å². The molecule has 0 N–H and O–H groups in total. The Morgan fingerprint density at radius 1 is 1.18 bits per heavy atom. The summed E-state index contributed by atoms with van der Waals surface area (Å²) in [7, 11) is 0. The van der Waals surface area contributed by atoms with Gasteiger partial charge in [0.1, 0.15) is 0 Å². The second-order valence-electron chi connectivity index (χ2n) is 4.56. The van der Waals surface area contributed by atoms with Crippen LogP contribution in [0, 0.1) is 28.1 Å². The maximum absolute atomic E-state index is 12.6. The van der Waals surface area contributed by atoms with Crippen molar-refractivity contribution in [2.75, 3.05) is 6.26 Å². The standard InChI is InChI=1S/C16H13F3N2S/c1-11(8-22-3)15(9-20,10-21)12(2)13-4-6-14(7-5-13)16(17,18)19/h4-8H,2H2,1,3H3. The Bertz CT molecular complexity index is 659. The van der Waals surface area contributed by atoms with Crippen molar-refractivity contribution >= 4 is 17.3 Å². The van der Waals surface area contributed by atoms with E-state index in [9.17, 15) is 23.7 Å². The fourth-order valence-corrected chi connectivity index (χ4v) is 2.45. The Kier molecular flexibility index (Phi) is 5.46. The summed E-state index contributed by atoms with van der Waals surface area (Å²) in [5.41, 5.74) is -1.42. The van der Waals surface area contributed by atoms with E-state index in [1.807, 2.05) is 12.1 Å². The third kappa shape index (κ3) is 3.35. The van der Waals surface area contributed by atoms with Gasteiger partial charge in [-0.05, 0) is 47.4 Å². The van der Waals surface area contributed by atoms with Gasteiger partial charge in [0.25, 0.3) is 0 Å². The quantitative estimate of drug-likeness (QED) is 0.782. The first-order valence-corrected chi connectivity index (χ1v) is 7.41. The van der Waals surface area contributed by atoms with Crippen LogP contribution in [0.25, 0.3) is 5.57 Å². The van der Waals surface area contributed by atoms with Crippen molar-refractivity contribution < 1.29 is 13.2 Å². The summed E-state index contributed by atoms with van der Waals surface area (Å²) in [5.74, 6) is 0. The molecular weight excluding hydrogens is 309 g/mol. The van der Waals surface area contributed by atoms with Crippen molar-refractivity contribution in [1.82, 2.24) is 0 Å². The maximum atomic E-state index is 12.6. The Labute approximate surface area is 131 Å². The second kappa shape index (κ2) is 6.72. The number of halogens is 3. The van der Waals surface area contributed by atoms with Crippen LogP contribution in [-0.2, 0) is 6.18 Å². The summed E-state index contributed by atoms with van der Waals surface area (Å²) in [6.07, 6.45) is -2.65. The molecule has 22 heavy (non-hydrogen) atoms. The Hall–Kier alpha value is -2.18. The van der Waals surface area contributed by atoms with Gasteiger partial charge in [-0.15, -0.1) is 11.8 Å². The number of thioether (sulfide) groups is 1. The zero-order chi connectivity index (χ0) is 17.0. The summed E-state index contributed by atoms with van der Waals surface area (Å²) in [4.78, 5) is 0. The van der Waals surface area contributed by atoms with Gasteiger partial charge in [0, 0.05) is 0 Å². The average Bonchev–Trinajstić information content (AvgIpc) is 2.48. The average molecular weight is 322 g/mol. The predicted octanol–water partition coefficient (Wildman–Crippen LogP) is 5.02. The van der Waals surface area contributed by atoms with E-state index in [0.29, 0.717) is 11.1 Å². The molecule has 0 radical (unpaired) electrons. The second-order valence-corrected chi connectivity index (χ2v) is 5.27. The highest BCUT2D eigenvalue weighted by atomic mass is 32.2. The van der Waals surface area contributed by atoms with Crippen LogP contribution in [0.1, 0.15) is 18.1 Å². The largest absolute Gasteiger partial charge is 0.416 e. The molecule has 0 atom stereocenters. The van der Waals surface area contributed by atoms with E-state index in [4.69, 9.17) is 0 Å². The molecule has 0 aromatic heterocycles. The van der Waals surface area contributed by atoms with Gasteiger partial charge in [-0.25, -0.2) is 0 Å². The maximum Gasteiger partial charge on any atom is 0.416 e. The van der Waals surface area contributed by atoms with E-state index >= 15 is 0 Å². The molecule has 0 saturated carbocycles. The van der Waals surface area contributed by atoms with Gasteiger partial charge in [-0.2, -0.15) is 23.7 Å². The molecule has 2 nitrogen and oxygen atoms in total. The topological polar surface area (TPSA) is 47.6 Å². The molecular formula is C16H13F3N2S. The van der Waals surface area contributed by atoms with E-state index in [2.05, 4.69) is 6.58 Å². The van der Waals surface area contributed by atoms with Crippen LogP contribution in [0.3, 0.4) is 0 Å². The molecule has 0 spiro atoms. The molecule has 0 aliphatic heterocycles. The lowest BCUT2D eigenvalue weighted by Gasteiger charge is -2.23. The zero-order valence-electron chi connectivity index (χ0n) is 12.0. The molecule has 0 aliphatic carbocycles. The molecule has 0 heterocycles. The highest BCUT2D eigenvalue weighted by molar-refractivity contribution is 8.01. The number of nitrogens with zero attached hydrogens (tertiary/aromatic N) is 2. The van der Waals surface area contributed by atoms with Crippen LogP contribution in [0.4, 0.5) is 13.2 Å². The number of nitriles is 2. The molecule has 0 unspecified atom stereocenters. The minimum atomic E-state index is -4.43. The number of hydrogen-bond donors (Lipinski definition) is 0. The summed E-state index contributed by atoms with van der Waals surface area (Å²) in [6, 6.07) is 8.12. The first kappa shape index (κ1) is 17.9. The fraction of sp³-hybridized carbons (Fsp3) is 0.250. The van der Waals surface area contributed by atoms with Crippen LogP contribution < -0.4 is 0 Å². The van der Waals surface area contributed by atoms with Crippen LogP contribution in [0.2, 0.25) is 0 Å². The lowest BCUT2D eigenvalue weighted by molar-refractivity contribution is -0.137. The number of rotatable bonds is 4. The molecule has 0 saturated heterocycles. The molecule has 0 fully saturated rings. The van der Waals surface area contributed by atoms with Crippen LogP contribution >= 0.6 is 11.8 Å². The molecule has 0 bridgehead atoms. The zero-order valence-corrected chi connectivity index (χ0v) is 12.8. The summed E-state index contributed by atoms with van der Waals surface area (Å²) in [5, 5.41) is 20.5. The van der Waals surface area contributed by atoms with Crippen molar-refractivity contribution in [1.29, 1.82) is 10.5 Å². The molecule has 1 rings (SSSR count). The molecule has 1 aromatic rings. The van der Waals surface area contributed by atoms with Crippen molar-refractivity contribution in [3.8, 4) is 12.1 Å². The van der Waals surface area contributed by atoms with Crippen LogP contribution in [0.5, 0.6) is 0 Å². The first-order valence-electron chi connectivity index (χ1n) is 6.12. The monoisotopic (exact) mass is 322 g/mol. The molecule has 1 aromatic carbocycles. The van der Waals surface area contributed by atoms with Crippen molar-refractivity contribution in [3.05, 3.63) is 53.0 Å². The van der Waals surface area contributed by atoms with Crippen molar-refractivity contribution in [2.45, 2.75) is 13.1 Å². The van der Waals surface area contributed by atoms with Gasteiger partial charge in [0.2, 0.25) is 0 Å². The molecule has 6 heteroatoms. The van der Waals surface area contributed by atoms with E-state index in [1.165, 1.54) is 23.9 Å². The molecule has 0 aliphatic rings. The van der Waals surface area contributed by atoms with Gasteiger partial charge in [-0.1, -0.05) is 18.7 Å². The van der Waals surface area contributed by atoms with E-state index in [-0.39, 0.29) is 5.57 Å². The molecule has 114 valence electrons. The van der Waals surface area contributed by atoms with Gasteiger partial charge < -0.3 is 0 Å². The SMILES string of the molecule is C=C(c1ccc(C(F)(F)F)cc1)C(C#N)(C#N)C(C)=CSC. The fourth-order valence-electron chi connectivity index (χ4n) is 1.92. The first-order chi connectivity index (χ1) is 10.2. The Morgan fingerprint density at radius 3 is 2.05 bits per heavy atom. The minimum absolute atomic E-state index is 0.161. The smallest absolute Gasteiger partial charge is 0.196 e. The Morgan fingerprint density at radius 2 is 1.68 bits per heavy atom. The highest BCUT2D eigenvalue weighted by Crippen LogP contribution is 2.41. The third-order valence-electron chi connectivity index (χ3n) is 3.23. The van der Waals surface area contributed by atoms with Crippen molar-refractivity contribution in [2.24, 2.45) is 5.41 Å². The van der Waals surface area contributed by atoms with Gasteiger partial charge in [0.05, 0.1) is 17.7 Å². The van der Waals surface area contributed by atoms with Gasteiger partial charge >= 0.3 is 6.18 Å². The lowest BCUT2D eigenvalue weighted by Crippen LogP contribution is -2.19. The minimum Gasteiger partial charge on any atom is -0.196 e. The summed E-state index contributed by atoms with van der Waals surface area (Å²) >= 11 is 1.33. The number of benzene rings is 1. The highest BCUT2D eigenvalue weighted by Gasteiger charge is 2.37. The number of allylic oxidation sites excluding steroid dienone is 2. The lowest BCUT2D eigenvalue weighted by atomic mass is 9.75. The Balaban J connectivity index is 3.32. The van der Waals surface area contributed by atoms with Gasteiger partial charge in [0.15, 0.2) is 5.41 Å². The van der Waals surface area contributed by atoms with Crippen LogP contribution in [0.15, 0.2) is 41.8 Å².